The van der Waals surface area contributed by atoms with E-state index in [9.17, 15) is 19.5 Å². The number of hydrogen-bond acceptors (Lipinski definition) is 6. The molecule has 2 heterocycles. The van der Waals surface area contributed by atoms with Crippen molar-refractivity contribution in [2.24, 2.45) is 19.2 Å². The number of rotatable bonds is 5. The Kier molecular flexibility index (Phi) is 5.12. The van der Waals surface area contributed by atoms with Crippen molar-refractivity contribution in [2.45, 2.75) is 19.9 Å². The highest BCUT2D eigenvalue weighted by atomic mass is 16.3. The van der Waals surface area contributed by atoms with Gasteiger partial charge in [-0.2, -0.15) is 5.10 Å². The van der Waals surface area contributed by atoms with Gasteiger partial charge in [0.15, 0.2) is 11.2 Å². The zero-order valence-corrected chi connectivity index (χ0v) is 15.7. The lowest BCUT2D eigenvalue weighted by molar-refractivity contribution is -0.121. The minimum atomic E-state index is -0.523. The van der Waals surface area contributed by atoms with Crippen LogP contribution in [0.5, 0.6) is 5.75 Å². The third-order valence-corrected chi connectivity index (χ3v) is 4.38. The molecule has 1 amide bonds. The summed E-state index contributed by atoms with van der Waals surface area (Å²) in [5.74, 6) is -0.300. The van der Waals surface area contributed by atoms with Crippen LogP contribution >= 0.6 is 0 Å². The molecule has 0 atom stereocenters. The number of amides is 1. The number of hydrazone groups is 1. The summed E-state index contributed by atoms with van der Waals surface area (Å²) in [6.07, 6.45) is 1.91. The normalized spacial score (nSPS) is 11.8. The van der Waals surface area contributed by atoms with Gasteiger partial charge in [-0.3, -0.25) is 18.7 Å². The number of carbonyl (C=O) groups excluding carboxylic acids is 1. The molecule has 28 heavy (non-hydrogen) atoms. The van der Waals surface area contributed by atoms with Gasteiger partial charge in [0.1, 0.15) is 12.3 Å². The van der Waals surface area contributed by atoms with Crippen LogP contribution in [0.1, 0.15) is 18.9 Å². The molecule has 146 valence electrons. The van der Waals surface area contributed by atoms with Crippen LogP contribution < -0.4 is 16.7 Å². The lowest BCUT2D eigenvalue weighted by Gasteiger charge is -2.07. The van der Waals surface area contributed by atoms with Crippen molar-refractivity contribution in [1.82, 2.24) is 24.1 Å². The maximum Gasteiger partial charge on any atom is 0.332 e. The first-order valence-electron chi connectivity index (χ1n) is 8.59. The van der Waals surface area contributed by atoms with Crippen LogP contribution in [0, 0.1) is 0 Å². The Labute approximate surface area is 159 Å². The monoisotopic (exact) mass is 384 g/mol. The number of phenolic OH excluding ortho intramolecular Hbond substituents is 1. The molecular weight excluding hydrogens is 364 g/mol. The Morgan fingerprint density at radius 3 is 2.50 bits per heavy atom. The second kappa shape index (κ2) is 7.51. The number of benzene rings is 1. The number of imidazole rings is 1. The number of carbonyl (C=O) groups is 1. The summed E-state index contributed by atoms with van der Waals surface area (Å²) >= 11 is 0. The molecular formula is C18H20N6O4. The zero-order chi connectivity index (χ0) is 20.4. The van der Waals surface area contributed by atoms with E-state index in [1.165, 1.54) is 29.6 Å². The zero-order valence-electron chi connectivity index (χ0n) is 15.7. The number of fused-ring (bicyclic) bond motifs is 1. The van der Waals surface area contributed by atoms with E-state index in [0.29, 0.717) is 12.1 Å². The molecule has 0 aliphatic heterocycles. The molecule has 0 aliphatic rings. The smallest absolute Gasteiger partial charge is 0.332 e. The number of phenols is 1. The Hall–Kier alpha value is -3.69. The highest BCUT2D eigenvalue weighted by Gasteiger charge is 2.16. The van der Waals surface area contributed by atoms with Crippen LogP contribution in [0.15, 0.2) is 45.3 Å². The SMILES string of the molecule is CC/C(=N/NC(=O)Cn1cnc2c1c(=O)n(C)c(=O)n2C)c1ccc(O)cc1. The molecule has 3 aromatic rings. The van der Waals surface area contributed by atoms with Crippen LogP contribution in [0.4, 0.5) is 0 Å². The first-order valence-corrected chi connectivity index (χ1v) is 8.59. The maximum absolute atomic E-state index is 12.4. The third kappa shape index (κ3) is 3.43. The number of aryl methyl sites for hydroxylation is 1. The molecule has 0 bridgehead atoms. The molecule has 10 nitrogen and oxygen atoms in total. The quantitative estimate of drug-likeness (QED) is 0.476. The third-order valence-electron chi connectivity index (χ3n) is 4.38. The first-order chi connectivity index (χ1) is 13.3. The predicted molar refractivity (Wildman–Crippen MR) is 103 cm³/mol. The minimum Gasteiger partial charge on any atom is -0.508 e. The molecule has 0 radical (unpaired) electrons. The molecule has 0 saturated heterocycles. The molecule has 0 spiro atoms. The van der Waals surface area contributed by atoms with Gasteiger partial charge in [0.2, 0.25) is 0 Å². The number of aromatic hydroxyl groups is 1. The second-order valence-corrected chi connectivity index (χ2v) is 6.24. The average Bonchev–Trinajstić information content (AvgIpc) is 3.10. The van der Waals surface area contributed by atoms with Gasteiger partial charge in [0.25, 0.3) is 11.5 Å². The summed E-state index contributed by atoms with van der Waals surface area (Å²) < 4.78 is 3.61. The van der Waals surface area contributed by atoms with Crippen molar-refractivity contribution in [3.05, 3.63) is 57.0 Å². The van der Waals surface area contributed by atoms with E-state index in [0.717, 1.165) is 10.1 Å². The van der Waals surface area contributed by atoms with Gasteiger partial charge in [0, 0.05) is 14.1 Å². The first kappa shape index (κ1) is 19.1. The fraction of sp³-hybridized carbons (Fsp3) is 0.278. The summed E-state index contributed by atoms with van der Waals surface area (Å²) in [6.45, 7) is 1.71. The van der Waals surface area contributed by atoms with Gasteiger partial charge in [0.05, 0.1) is 12.0 Å². The van der Waals surface area contributed by atoms with E-state index < -0.39 is 17.2 Å². The Morgan fingerprint density at radius 1 is 1.18 bits per heavy atom. The number of nitrogens with zero attached hydrogens (tertiary/aromatic N) is 5. The Morgan fingerprint density at radius 2 is 1.86 bits per heavy atom. The fourth-order valence-electron chi connectivity index (χ4n) is 2.84. The lowest BCUT2D eigenvalue weighted by Crippen LogP contribution is -2.38. The van der Waals surface area contributed by atoms with E-state index in [-0.39, 0.29) is 23.5 Å². The number of aromatic nitrogens is 4. The molecule has 2 N–H and O–H groups in total. The summed E-state index contributed by atoms with van der Waals surface area (Å²) in [5.41, 5.74) is 3.25. The largest absolute Gasteiger partial charge is 0.508 e. The van der Waals surface area contributed by atoms with Gasteiger partial charge in [-0.15, -0.1) is 0 Å². The molecule has 0 fully saturated rings. The van der Waals surface area contributed by atoms with Gasteiger partial charge in [-0.1, -0.05) is 6.92 Å². The average molecular weight is 384 g/mol. The molecule has 0 aliphatic carbocycles. The molecule has 1 aromatic carbocycles. The van der Waals surface area contributed by atoms with Crippen molar-refractivity contribution in [3.8, 4) is 5.75 Å². The van der Waals surface area contributed by atoms with Crippen molar-refractivity contribution < 1.29 is 9.90 Å². The molecule has 0 unspecified atom stereocenters. The van der Waals surface area contributed by atoms with Crippen LogP contribution in [-0.4, -0.2) is 35.4 Å². The Balaban J connectivity index is 1.84. The Bertz CT molecular complexity index is 1180. The van der Waals surface area contributed by atoms with Crippen LogP contribution in [0.3, 0.4) is 0 Å². The van der Waals surface area contributed by atoms with E-state index in [1.807, 2.05) is 6.92 Å². The standard InChI is InChI=1S/C18H20N6O4/c1-4-13(11-5-7-12(25)8-6-11)20-21-14(26)9-24-10-19-16-15(24)17(27)23(3)18(28)22(16)2/h5-8,10,25H,4,9H2,1-3H3,(H,21,26)/b20-13-. The summed E-state index contributed by atoms with van der Waals surface area (Å²) in [6, 6.07) is 6.49. The number of nitrogens with one attached hydrogen (secondary N) is 1. The minimum absolute atomic E-state index is 0.145. The highest BCUT2D eigenvalue weighted by Crippen LogP contribution is 2.11. The predicted octanol–water partition coefficient (Wildman–Crippen LogP) is 0.0698. The fourth-order valence-corrected chi connectivity index (χ4v) is 2.84. The van der Waals surface area contributed by atoms with E-state index in [2.05, 4.69) is 15.5 Å². The van der Waals surface area contributed by atoms with E-state index >= 15 is 0 Å². The summed E-state index contributed by atoms with van der Waals surface area (Å²) in [5, 5.41) is 13.5. The van der Waals surface area contributed by atoms with Crippen molar-refractivity contribution in [2.75, 3.05) is 0 Å². The van der Waals surface area contributed by atoms with Gasteiger partial charge < -0.3 is 9.67 Å². The van der Waals surface area contributed by atoms with Gasteiger partial charge in [-0.25, -0.2) is 15.2 Å². The lowest BCUT2D eigenvalue weighted by atomic mass is 10.1. The topological polar surface area (TPSA) is 124 Å². The van der Waals surface area contributed by atoms with Gasteiger partial charge in [-0.05, 0) is 36.2 Å². The number of hydrogen-bond donors (Lipinski definition) is 2. The molecule has 3 rings (SSSR count). The summed E-state index contributed by atoms with van der Waals surface area (Å²) in [4.78, 5) is 40.8. The van der Waals surface area contributed by atoms with Crippen molar-refractivity contribution in [3.63, 3.8) is 0 Å². The van der Waals surface area contributed by atoms with E-state index in [4.69, 9.17) is 0 Å². The van der Waals surface area contributed by atoms with Crippen LogP contribution in [0.25, 0.3) is 11.2 Å². The van der Waals surface area contributed by atoms with Crippen molar-refractivity contribution >= 4 is 22.8 Å². The molecule has 2 aromatic heterocycles. The highest BCUT2D eigenvalue weighted by molar-refractivity contribution is 6.01. The summed E-state index contributed by atoms with van der Waals surface area (Å²) in [7, 11) is 2.88. The van der Waals surface area contributed by atoms with Crippen LogP contribution in [0.2, 0.25) is 0 Å². The van der Waals surface area contributed by atoms with Gasteiger partial charge >= 0.3 is 5.69 Å². The van der Waals surface area contributed by atoms with E-state index in [1.54, 1.807) is 24.3 Å². The molecule has 0 saturated carbocycles. The van der Waals surface area contributed by atoms with Crippen LogP contribution in [-0.2, 0) is 25.4 Å². The molecule has 10 heteroatoms. The second-order valence-electron chi connectivity index (χ2n) is 6.24. The maximum atomic E-state index is 12.4. The van der Waals surface area contributed by atoms with Crippen molar-refractivity contribution in [1.29, 1.82) is 0 Å².